The number of pyridine rings is 1. The molecule has 3 heteroatoms. The van der Waals surface area contributed by atoms with E-state index in [-0.39, 0.29) is 0 Å². The zero-order valence-corrected chi connectivity index (χ0v) is 6.70. The van der Waals surface area contributed by atoms with Gasteiger partial charge in [-0.15, -0.1) is 0 Å². The molecule has 0 aromatic carbocycles. The summed E-state index contributed by atoms with van der Waals surface area (Å²) in [6.45, 7) is 3.55. The maximum absolute atomic E-state index is 9.23. The molecular weight excluding hydrogens is 140 g/mol. The highest BCUT2D eigenvalue weighted by Gasteiger charge is 2.05. The van der Waals surface area contributed by atoms with Gasteiger partial charge in [-0.3, -0.25) is 4.98 Å². The molecule has 0 spiro atoms. The highest BCUT2D eigenvalue weighted by atomic mass is 16.3. The Hall–Kier alpha value is -1.09. The number of aryl methyl sites for hydroxylation is 1. The Labute approximate surface area is 65.9 Å². The third-order valence-electron chi connectivity index (χ3n) is 1.60. The molecule has 1 aromatic heterocycles. The van der Waals surface area contributed by atoms with Crippen LogP contribution in [0.3, 0.4) is 0 Å². The van der Waals surface area contributed by atoms with Gasteiger partial charge in [0.1, 0.15) is 0 Å². The molecule has 0 aliphatic heterocycles. The van der Waals surface area contributed by atoms with Crippen LogP contribution in [0.15, 0.2) is 12.3 Å². The highest BCUT2D eigenvalue weighted by molar-refractivity contribution is 5.40. The molecule has 1 rings (SSSR count). The Morgan fingerprint density at radius 2 is 2.27 bits per heavy atom. The average molecular weight is 152 g/mol. The van der Waals surface area contributed by atoms with Crippen LogP contribution in [-0.4, -0.2) is 10.1 Å². The summed E-state index contributed by atoms with van der Waals surface area (Å²) in [4.78, 5) is 4.01. The van der Waals surface area contributed by atoms with Crippen LogP contribution in [0.1, 0.15) is 24.3 Å². The lowest BCUT2D eigenvalue weighted by Gasteiger charge is -2.07. The third-order valence-corrected chi connectivity index (χ3v) is 1.60. The first-order valence-corrected chi connectivity index (χ1v) is 3.51. The fourth-order valence-corrected chi connectivity index (χ4v) is 0.990. The molecule has 0 radical (unpaired) electrons. The van der Waals surface area contributed by atoms with Crippen molar-refractivity contribution in [3.05, 3.63) is 23.5 Å². The number of nitrogens with two attached hydrogens (primary N) is 1. The predicted octanol–water partition coefficient (Wildman–Crippen LogP) is 1.03. The quantitative estimate of drug-likeness (QED) is 0.631. The second kappa shape index (κ2) is 2.88. The summed E-state index contributed by atoms with van der Waals surface area (Å²) >= 11 is 0. The molecule has 0 saturated heterocycles. The Morgan fingerprint density at radius 1 is 1.64 bits per heavy atom. The SMILES string of the molecule is Cc1ncc(N)cc1C(C)O. The van der Waals surface area contributed by atoms with E-state index in [2.05, 4.69) is 4.98 Å². The molecule has 3 nitrogen and oxygen atoms in total. The molecule has 3 N–H and O–H groups in total. The Bertz CT molecular complexity index is 258. The summed E-state index contributed by atoms with van der Waals surface area (Å²) in [5, 5.41) is 9.23. The molecule has 0 fully saturated rings. The minimum Gasteiger partial charge on any atom is -0.397 e. The summed E-state index contributed by atoms with van der Waals surface area (Å²) in [5.74, 6) is 0. The lowest BCUT2D eigenvalue weighted by molar-refractivity contribution is 0.198. The summed E-state index contributed by atoms with van der Waals surface area (Å²) in [6.07, 6.45) is 1.09. The van der Waals surface area contributed by atoms with Crippen LogP contribution in [0, 0.1) is 6.92 Å². The zero-order valence-electron chi connectivity index (χ0n) is 6.70. The maximum Gasteiger partial charge on any atom is 0.0780 e. The van der Waals surface area contributed by atoms with Gasteiger partial charge in [0.15, 0.2) is 0 Å². The minimum atomic E-state index is -0.494. The lowest BCUT2D eigenvalue weighted by Crippen LogP contribution is -1.99. The normalized spacial score (nSPS) is 13.0. The monoisotopic (exact) mass is 152 g/mol. The summed E-state index contributed by atoms with van der Waals surface area (Å²) in [7, 11) is 0. The number of rotatable bonds is 1. The van der Waals surface area contributed by atoms with Crippen molar-refractivity contribution in [2.45, 2.75) is 20.0 Å². The number of aliphatic hydroxyl groups is 1. The lowest BCUT2D eigenvalue weighted by atomic mass is 10.1. The van der Waals surface area contributed by atoms with Crippen LogP contribution in [0.25, 0.3) is 0 Å². The van der Waals surface area contributed by atoms with Crippen molar-refractivity contribution in [3.8, 4) is 0 Å². The van der Waals surface area contributed by atoms with Gasteiger partial charge in [0.05, 0.1) is 18.0 Å². The smallest absolute Gasteiger partial charge is 0.0780 e. The van der Waals surface area contributed by atoms with Gasteiger partial charge in [-0.05, 0) is 19.9 Å². The van der Waals surface area contributed by atoms with E-state index in [0.29, 0.717) is 5.69 Å². The van der Waals surface area contributed by atoms with Crippen LogP contribution in [-0.2, 0) is 0 Å². The largest absolute Gasteiger partial charge is 0.397 e. The molecule has 0 saturated carbocycles. The second-order valence-electron chi connectivity index (χ2n) is 2.62. The molecule has 0 amide bonds. The predicted molar refractivity (Wildman–Crippen MR) is 44.0 cm³/mol. The first-order valence-electron chi connectivity index (χ1n) is 3.51. The molecule has 1 atom stereocenters. The molecule has 11 heavy (non-hydrogen) atoms. The van der Waals surface area contributed by atoms with Gasteiger partial charge in [0.25, 0.3) is 0 Å². The number of nitrogen functional groups attached to an aromatic ring is 1. The van der Waals surface area contributed by atoms with Crippen molar-refractivity contribution in [2.75, 3.05) is 5.73 Å². The van der Waals surface area contributed by atoms with E-state index in [9.17, 15) is 5.11 Å². The van der Waals surface area contributed by atoms with E-state index < -0.39 is 6.10 Å². The van der Waals surface area contributed by atoms with Gasteiger partial charge in [-0.25, -0.2) is 0 Å². The van der Waals surface area contributed by atoms with Gasteiger partial charge in [-0.1, -0.05) is 0 Å². The van der Waals surface area contributed by atoms with Crippen molar-refractivity contribution in [3.63, 3.8) is 0 Å². The first-order chi connectivity index (χ1) is 5.11. The van der Waals surface area contributed by atoms with Crippen LogP contribution in [0.5, 0.6) is 0 Å². The fourth-order valence-electron chi connectivity index (χ4n) is 0.990. The van der Waals surface area contributed by atoms with Crippen LogP contribution in [0.4, 0.5) is 5.69 Å². The summed E-state index contributed by atoms with van der Waals surface area (Å²) in [6, 6.07) is 1.74. The Kier molecular flexibility index (Phi) is 2.10. The van der Waals surface area contributed by atoms with Crippen molar-refractivity contribution in [1.82, 2.24) is 4.98 Å². The van der Waals surface area contributed by atoms with Crippen molar-refractivity contribution in [1.29, 1.82) is 0 Å². The molecule has 0 aliphatic carbocycles. The van der Waals surface area contributed by atoms with E-state index in [0.717, 1.165) is 11.3 Å². The van der Waals surface area contributed by atoms with Gasteiger partial charge >= 0.3 is 0 Å². The molecule has 1 aromatic rings. The van der Waals surface area contributed by atoms with Gasteiger partial charge in [0, 0.05) is 11.3 Å². The number of nitrogens with zero attached hydrogens (tertiary/aromatic N) is 1. The second-order valence-corrected chi connectivity index (χ2v) is 2.62. The third kappa shape index (κ3) is 1.68. The minimum absolute atomic E-state index is 0.494. The van der Waals surface area contributed by atoms with Gasteiger partial charge in [-0.2, -0.15) is 0 Å². The van der Waals surface area contributed by atoms with Crippen LogP contribution >= 0.6 is 0 Å². The Balaban J connectivity index is 3.13. The van der Waals surface area contributed by atoms with E-state index in [1.54, 1.807) is 19.2 Å². The molecule has 0 aliphatic rings. The number of anilines is 1. The van der Waals surface area contributed by atoms with E-state index >= 15 is 0 Å². The maximum atomic E-state index is 9.23. The molecule has 1 heterocycles. The first kappa shape index (κ1) is 8.01. The molecule has 1 unspecified atom stereocenters. The topological polar surface area (TPSA) is 59.1 Å². The van der Waals surface area contributed by atoms with Crippen molar-refractivity contribution >= 4 is 5.69 Å². The highest BCUT2D eigenvalue weighted by Crippen LogP contribution is 2.16. The molecular formula is C8H12N2O. The average Bonchev–Trinajstić information content (AvgIpc) is 1.94. The zero-order chi connectivity index (χ0) is 8.43. The van der Waals surface area contributed by atoms with Gasteiger partial charge < -0.3 is 10.8 Å². The summed E-state index contributed by atoms with van der Waals surface area (Å²) < 4.78 is 0. The van der Waals surface area contributed by atoms with Crippen molar-refractivity contribution in [2.24, 2.45) is 0 Å². The number of aliphatic hydroxyl groups excluding tert-OH is 1. The number of aromatic nitrogens is 1. The van der Waals surface area contributed by atoms with Gasteiger partial charge in [0.2, 0.25) is 0 Å². The Morgan fingerprint density at radius 3 is 2.73 bits per heavy atom. The number of hydrogen-bond acceptors (Lipinski definition) is 3. The molecule has 0 bridgehead atoms. The standard InChI is InChI=1S/C8H12N2O/c1-5-8(6(2)11)3-7(9)4-10-5/h3-4,6,11H,9H2,1-2H3. The molecule has 60 valence electrons. The summed E-state index contributed by atoms with van der Waals surface area (Å²) in [5.41, 5.74) is 7.71. The fraction of sp³-hybridized carbons (Fsp3) is 0.375. The van der Waals surface area contributed by atoms with Crippen LogP contribution in [0.2, 0.25) is 0 Å². The van der Waals surface area contributed by atoms with Crippen molar-refractivity contribution < 1.29 is 5.11 Å². The van der Waals surface area contributed by atoms with E-state index in [1.165, 1.54) is 0 Å². The van der Waals surface area contributed by atoms with E-state index in [4.69, 9.17) is 5.73 Å². The number of hydrogen-bond donors (Lipinski definition) is 2. The van der Waals surface area contributed by atoms with E-state index in [1.807, 2.05) is 6.92 Å². The van der Waals surface area contributed by atoms with Crippen LogP contribution < -0.4 is 5.73 Å².